The number of carbonyl (C=O) groups is 1. The SMILES string of the molecule is Cc1ccccc1SCC(=O)c1cnccn1. The molecule has 17 heavy (non-hydrogen) atoms. The van der Waals surface area contributed by atoms with Gasteiger partial charge in [-0.05, 0) is 18.6 Å². The number of hydrogen-bond acceptors (Lipinski definition) is 4. The Bertz CT molecular complexity index is 514. The van der Waals surface area contributed by atoms with Gasteiger partial charge in [-0.3, -0.25) is 9.78 Å². The number of hydrogen-bond donors (Lipinski definition) is 0. The zero-order valence-corrected chi connectivity index (χ0v) is 10.3. The number of nitrogens with zero attached hydrogens (tertiary/aromatic N) is 2. The van der Waals surface area contributed by atoms with Crippen LogP contribution >= 0.6 is 11.8 Å². The van der Waals surface area contributed by atoms with E-state index in [0.29, 0.717) is 11.4 Å². The molecule has 0 atom stereocenters. The summed E-state index contributed by atoms with van der Waals surface area (Å²) < 4.78 is 0. The second kappa shape index (κ2) is 5.59. The molecule has 86 valence electrons. The standard InChI is InChI=1S/C13H12N2OS/c1-10-4-2-3-5-13(10)17-9-12(16)11-8-14-6-7-15-11/h2-8H,9H2,1H3. The Hall–Kier alpha value is -1.68. The van der Waals surface area contributed by atoms with E-state index in [9.17, 15) is 4.79 Å². The van der Waals surface area contributed by atoms with Gasteiger partial charge in [-0.15, -0.1) is 11.8 Å². The van der Waals surface area contributed by atoms with E-state index < -0.39 is 0 Å². The lowest BCUT2D eigenvalue weighted by Gasteiger charge is -2.03. The molecule has 0 spiro atoms. The van der Waals surface area contributed by atoms with Crippen LogP contribution in [0.5, 0.6) is 0 Å². The molecule has 0 amide bonds. The number of aromatic nitrogens is 2. The van der Waals surface area contributed by atoms with Gasteiger partial charge in [-0.2, -0.15) is 0 Å². The maximum Gasteiger partial charge on any atom is 0.192 e. The summed E-state index contributed by atoms with van der Waals surface area (Å²) in [4.78, 5) is 20.8. The maximum atomic E-state index is 11.8. The van der Waals surface area contributed by atoms with Gasteiger partial charge in [0.25, 0.3) is 0 Å². The van der Waals surface area contributed by atoms with Gasteiger partial charge >= 0.3 is 0 Å². The number of Topliss-reactive ketones (excluding diaryl/α,β-unsaturated/α-hetero) is 1. The molecule has 0 radical (unpaired) electrons. The molecule has 0 fully saturated rings. The van der Waals surface area contributed by atoms with Gasteiger partial charge in [0.1, 0.15) is 5.69 Å². The highest BCUT2D eigenvalue weighted by Crippen LogP contribution is 2.22. The summed E-state index contributed by atoms with van der Waals surface area (Å²) in [6.07, 6.45) is 4.59. The Morgan fingerprint density at radius 3 is 2.82 bits per heavy atom. The van der Waals surface area contributed by atoms with Crippen LogP contribution in [0.4, 0.5) is 0 Å². The summed E-state index contributed by atoms with van der Waals surface area (Å²) in [5.74, 6) is 0.398. The van der Waals surface area contributed by atoms with Gasteiger partial charge in [0.2, 0.25) is 0 Å². The topological polar surface area (TPSA) is 42.9 Å². The fourth-order valence-electron chi connectivity index (χ4n) is 1.38. The van der Waals surface area contributed by atoms with Gasteiger partial charge in [0, 0.05) is 17.3 Å². The lowest BCUT2D eigenvalue weighted by Crippen LogP contribution is -2.05. The van der Waals surface area contributed by atoms with Gasteiger partial charge in [0.05, 0.1) is 11.9 Å². The summed E-state index contributed by atoms with van der Waals surface area (Å²) in [6, 6.07) is 8.02. The summed E-state index contributed by atoms with van der Waals surface area (Å²) in [5.41, 5.74) is 1.61. The zero-order chi connectivity index (χ0) is 12.1. The summed E-state index contributed by atoms with van der Waals surface area (Å²) in [7, 11) is 0. The number of rotatable bonds is 4. The van der Waals surface area contributed by atoms with Crippen LogP contribution in [0.3, 0.4) is 0 Å². The summed E-state index contributed by atoms with van der Waals surface area (Å²) in [6.45, 7) is 2.04. The van der Waals surface area contributed by atoms with Crippen LogP contribution < -0.4 is 0 Å². The predicted octanol–water partition coefficient (Wildman–Crippen LogP) is 2.76. The molecule has 3 nitrogen and oxygen atoms in total. The van der Waals surface area contributed by atoms with Gasteiger partial charge in [0.15, 0.2) is 5.78 Å². The number of carbonyl (C=O) groups excluding carboxylic acids is 1. The fraction of sp³-hybridized carbons (Fsp3) is 0.154. The third-order valence-electron chi connectivity index (χ3n) is 2.30. The van der Waals surface area contributed by atoms with Crippen LogP contribution in [-0.2, 0) is 0 Å². The highest BCUT2D eigenvalue weighted by molar-refractivity contribution is 8.00. The minimum Gasteiger partial charge on any atom is -0.291 e. The molecule has 4 heteroatoms. The normalized spacial score (nSPS) is 10.2. The van der Waals surface area contributed by atoms with E-state index in [1.807, 2.05) is 31.2 Å². The van der Waals surface area contributed by atoms with Crippen molar-refractivity contribution in [3.63, 3.8) is 0 Å². The molecule has 0 saturated carbocycles. The minimum absolute atomic E-state index is 0.00588. The Morgan fingerprint density at radius 1 is 1.29 bits per heavy atom. The predicted molar refractivity (Wildman–Crippen MR) is 68.3 cm³/mol. The minimum atomic E-state index is 0.00588. The molecule has 0 saturated heterocycles. The molecule has 2 aromatic rings. The Labute approximate surface area is 104 Å². The van der Waals surface area contributed by atoms with E-state index in [-0.39, 0.29) is 5.78 Å². The number of ketones is 1. The van der Waals surface area contributed by atoms with Crippen molar-refractivity contribution in [3.8, 4) is 0 Å². The van der Waals surface area contributed by atoms with Crippen LogP contribution in [0.2, 0.25) is 0 Å². The molecule has 0 aliphatic carbocycles. The van der Waals surface area contributed by atoms with Crippen molar-refractivity contribution >= 4 is 17.5 Å². The molecule has 0 aliphatic heterocycles. The van der Waals surface area contributed by atoms with Crippen LogP contribution in [0.25, 0.3) is 0 Å². The molecular formula is C13H12N2OS. The van der Waals surface area contributed by atoms with E-state index >= 15 is 0 Å². The van der Waals surface area contributed by atoms with Gasteiger partial charge in [-0.25, -0.2) is 4.98 Å². The first kappa shape index (κ1) is 11.8. The quantitative estimate of drug-likeness (QED) is 0.612. The lowest BCUT2D eigenvalue weighted by molar-refractivity contribution is 0.101. The zero-order valence-electron chi connectivity index (χ0n) is 9.46. The van der Waals surface area contributed by atoms with Crippen LogP contribution in [0.1, 0.15) is 16.1 Å². The van der Waals surface area contributed by atoms with E-state index in [1.165, 1.54) is 29.7 Å². The molecule has 0 N–H and O–H groups in total. The Kier molecular flexibility index (Phi) is 3.88. The molecule has 0 bridgehead atoms. The van der Waals surface area contributed by atoms with E-state index in [2.05, 4.69) is 9.97 Å². The van der Waals surface area contributed by atoms with Gasteiger partial charge in [-0.1, -0.05) is 18.2 Å². The van der Waals surface area contributed by atoms with Crippen LogP contribution in [0.15, 0.2) is 47.8 Å². The number of benzene rings is 1. The second-order valence-electron chi connectivity index (χ2n) is 3.57. The molecule has 0 aliphatic rings. The average molecular weight is 244 g/mol. The van der Waals surface area contributed by atoms with Crippen molar-refractivity contribution in [2.75, 3.05) is 5.75 Å². The highest BCUT2D eigenvalue weighted by Gasteiger charge is 2.08. The van der Waals surface area contributed by atoms with Crippen LogP contribution in [-0.4, -0.2) is 21.5 Å². The first-order valence-corrected chi connectivity index (χ1v) is 6.23. The maximum absolute atomic E-state index is 11.8. The first-order valence-electron chi connectivity index (χ1n) is 5.25. The second-order valence-corrected chi connectivity index (χ2v) is 4.59. The lowest BCUT2D eigenvalue weighted by atomic mass is 10.2. The van der Waals surface area contributed by atoms with Crippen molar-refractivity contribution in [3.05, 3.63) is 54.1 Å². The van der Waals surface area contributed by atoms with E-state index in [0.717, 1.165) is 4.90 Å². The monoisotopic (exact) mass is 244 g/mol. The molecule has 2 rings (SSSR count). The van der Waals surface area contributed by atoms with Crippen molar-refractivity contribution in [1.29, 1.82) is 0 Å². The highest BCUT2D eigenvalue weighted by atomic mass is 32.2. The van der Waals surface area contributed by atoms with Crippen LogP contribution in [0, 0.1) is 6.92 Å². The Balaban J connectivity index is 2.00. The average Bonchev–Trinajstić information content (AvgIpc) is 2.38. The summed E-state index contributed by atoms with van der Waals surface area (Å²) in [5, 5.41) is 0. The number of thioether (sulfide) groups is 1. The Morgan fingerprint density at radius 2 is 2.12 bits per heavy atom. The fourth-order valence-corrected chi connectivity index (χ4v) is 2.28. The molecule has 1 aromatic heterocycles. The van der Waals surface area contributed by atoms with Crippen molar-refractivity contribution < 1.29 is 4.79 Å². The van der Waals surface area contributed by atoms with Crippen molar-refractivity contribution in [2.24, 2.45) is 0 Å². The summed E-state index contributed by atoms with van der Waals surface area (Å²) >= 11 is 1.53. The third-order valence-corrected chi connectivity index (χ3v) is 3.48. The molecule has 0 unspecified atom stereocenters. The molecule has 1 aromatic carbocycles. The molecule has 1 heterocycles. The number of aryl methyl sites for hydroxylation is 1. The van der Waals surface area contributed by atoms with Gasteiger partial charge < -0.3 is 0 Å². The van der Waals surface area contributed by atoms with E-state index in [1.54, 1.807) is 6.20 Å². The molecular weight excluding hydrogens is 232 g/mol. The first-order chi connectivity index (χ1) is 8.27. The van der Waals surface area contributed by atoms with Crippen molar-refractivity contribution in [2.45, 2.75) is 11.8 Å². The third kappa shape index (κ3) is 3.14. The van der Waals surface area contributed by atoms with E-state index in [4.69, 9.17) is 0 Å². The van der Waals surface area contributed by atoms with Crippen molar-refractivity contribution in [1.82, 2.24) is 9.97 Å². The largest absolute Gasteiger partial charge is 0.291 e. The smallest absolute Gasteiger partial charge is 0.192 e.